The molecule has 0 saturated heterocycles. The van der Waals surface area contributed by atoms with Crippen LogP contribution in [0.15, 0.2) is 42.5 Å². The van der Waals surface area contributed by atoms with Crippen LogP contribution in [0.4, 0.5) is 5.69 Å². The molecule has 0 aliphatic carbocycles. The molecule has 2 aromatic carbocycles. The molecule has 0 bridgehead atoms. The van der Waals surface area contributed by atoms with Gasteiger partial charge in [-0.3, -0.25) is 19.7 Å². The van der Waals surface area contributed by atoms with Crippen molar-refractivity contribution in [3.8, 4) is 16.9 Å². The van der Waals surface area contributed by atoms with Crippen molar-refractivity contribution in [2.24, 2.45) is 0 Å². The molecule has 0 unspecified atom stereocenters. The summed E-state index contributed by atoms with van der Waals surface area (Å²) >= 11 is 0. The summed E-state index contributed by atoms with van der Waals surface area (Å²) in [6.45, 7) is 0. The Kier molecular flexibility index (Phi) is 5.90. The zero-order chi connectivity index (χ0) is 19.3. The van der Waals surface area contributed by atoms with Crippen LogP contribution in [0.5, 0.6) is 5.75 Å². The maximum absolute atomic E-state index is 12.0. The Bertz CT molecular complexity index is 831. The van der Waals surface area contributed by atoms with E-state index in [2.05, 4.69) is 9.47 Å². The number of hydrogen-bond acceptors (Lipinski definition) is 7. The lowest BCUT2D eigenvalue weighted by Gasteiger charge is -2.14. The van der Waals surface area contributed by atoms with Gasteiger partial charge < -0.3 is 14.2 Å². The van der Waals surface area contributed by atoms with E-state index in [0.29, 0.717) is 16.9 Å². The number of nitrogens with zero attached hydrogens (tertiary/aromatic N) is 1. The van der Waals surface area contributed by atoms with E-state index in [0.717, 1.165) is 14.2 Å². The van der Waals surface area contributed by atoms with Crippen LogP contribution in [-0.4, -0.2) is 38.2 Å². The number of nitro groups is 1. The molecule has 8 heteroatoms. The van der Waals surface area contributed by atoms with Crippen molar-refractivity contribution in [3.05, 3.63) is 58.1 Å². The Labute approximate surface area is 149 Å². The highest BCUT2D eigenvalue weighted by Crippen LogP contribution is 2.36. The fourth-order valence-electron chi connectivity index (χ4n) is 2.58. The largest absolute Gasteiger partial charge is 0.496 e. The lowest BCUT2D eigenvalue weighted by molar-refractivity contribution is -0.385. The number of nitro benzene ring substituents is 1. The maximum atomic E-state index is 12.0. The third-order valence-electron chi connectivity index (χ3n) is 3.83. The lowest BCUT2D eigenvalue weighted by Crippen LogP contribution is -2.25. The third kappa shape index (κ3) is 3.64. The highest BCUT2D eigenvalue weighted by Gasteiger charge is 2.36. The van der Waals surface area contributed by atoms with Crippen LogP contribution in [0, 0.1) is 10.1 Å². The van der Waals surface area contributed by atoms with Gasteiger partial charge in [0.25, 0.3) is 5.69 Å². The van der Waals surface area contributed by atoms with E-state index in [-0.39, 0.29) is 5.56 Å². The number of benzene rings is 2. The van der Waals surface area contributed by atoms with Crippen LogP contribution in [0.2, 0.25) is 0 Å². The zero-order valence-electron chi connectivity index (χ0n) is 14.4. The molecule has 2 rings (SSSR count). The Morgan fingerprint density at radius 2 is 1.62 bits per heavy atom. The van der Waals surface area contributed by atoms with Gasteiger partial charge in [0.2, 0.25) is 0 Å². The Hall–Kier alpha value is -3.42. The van der Waals surface area contributed by atoms with Gasteiger partial charge in [0.05, 0.1) is 31.8 Å². The Balaban J connectivity index is 2.64. The van der Waals surface area contributed by atoms with Gasteiger partial charge in [-0.05, 0) is 11.6 Å². The first-order valence-corrected chi connectivity index (χ1v) is 7.52. The molecule has 0 amide bonds. The summed E-state index contributed by atoms with van der Waals surface area (Å²) < 4.78 is 14.5. The molecule has 0 radical (unpaired) electrons. The summed E-state index contributed by atoms with van der Waals surface area (Å²) in [5.74, 6) is -2.89. The average molecular weight is 359 g/mol. The Morgan fingerprint density at radius 1 is 1.00 bits per heavy atom. The fraction of sp³-hybridized carbons (Fsp3) is 0.222. The monoisotopic (exact) mass is 359 g/mol. The highest BCUT2D eigenvalue weighted by molar-refractivity contribution is 6.02. The summed E-state index contributed by atoms with van der Waals surface area (Å²) in [7, 11) is 3.67. The summed E-state index contributed by atoms with van der Waals surface area (Å²) in [6, 6.07) is 11.2. The van der Waals surface area contributed by atoms with Crippen LogP contribution >= 0.6 is 0 Å². The number of carbonyl (C=O) groups is 2. The molecule has 0 N–H and O–H groups in total. The van der Waals surface area contributed by atoms with Crippen molar-refractivity contribution in [2.75, 3.05) is 21.3 Å². The minimum atomic E-state index is -1.54. The fourth-order valence-corrected chi connectivity index (χ4v) is 2.58. The molecule has 0 spiro atoms. The first-order valence-electron chi connectivity index (χ1n) is 7.52. The number of ether oxygens (including phenoxy) is 3. The van der Waals surface area contributed by atoms with Gasteiger partial charge >= 0.3 is 11.9 Å². The molecule has 8 nitrogen and oxygen atoms in total. The van der Waals surface area contributed by atoms with Crippen LogP contribution in [0.1, 0.15) is 11.5 Å². The molecule has 26 heavy (non-hydrogen) atoms. The second kappa shape index (κ2) is 8.11. The van der Waals surface area contributed by atoms with E-state index < -0.39 is 28.5 Å². The van der Waals surface area contributed by atoms with E-state index in [1.807, 2.05) is 0 Å². The van der Waals surface area contributed by atoms with Gasteiger partial charge in [0.1, 0.15) is 5.75 Å². The standard InChI is InChI=1S/C18H17NO7/c1-24-15-7-5-4-6-12(15)11-8-9-13(14(10-11)19(22)23)16(17(20)25-2)18(21)26-3/h4-10,16H,1-3H3. The average Bonchev–Trinajstić information content (AvgIpc) is 2.67. The highest BCUT2D eigenvalue weighted by atomic mass is 16.6. The number of para-hydroxylation sites is 1. The van der Waals surface area contributed by atoms with E-state index in [1.165, 1.54) is 19.2 Å². The quantitative estimate of drug-likeness (QED) is 0.338. The van der Waals surface area contributed by atoms with Gasteiger partial charge in [-0.1, -0.05) is 30.3 Å². The van der Waals surface area contributed by atoms with E-state index in [1.54, 1.807) is 30.3 Å². The molecule has 0 heterocycles. The lowest BCUT2D eigenvalue weighted by atomic mass is 9.94. The topological polar surface area (TPSA) is 105 Å². The maximum Gasteiger partial charge on any atom is 0.324 e. The first-order chi connectivity index (χ1) is 12.4. The predicted molar refractivity (Wildman–Crippen MR) is 91.9 cm³/mol. The molecule has 0 saturated carbocycles. The zero-order valence-corrected chi connectivity index (χ0v) is 14.4. The number of methoxy groups -OCH3 is 3. The van der Waals surface area contributed by atoms with Crippen LogP contribution in [0.25, 0.3) is 11.1 Å². The molecule has 0 aromatic heterocycles. The van der Waals surface area contributed by atoms with Crippen molar-refractivity contribution in [1.82, 2.24) is 0 Å². The third-order valence-corrected chi connectivity index (χ3v) is 3.83. The SMILES string of the molecule is COC(=O)C(C(=O)OC)c1ccc(-c2ccccc2OC)cc1[N+](=O)[O-]. The summed E-state index contributed by atoms with van der Waals surface area (Å²) in [4.78, 5) is 34.9. The molecule has 136 valence electrons. The van der Waals surface area contributed by atoms with Crippen molar-refractivity contribution >= 4 is 17.6 Å². The smallest absolute Gasteiger partial charge is 0.324 e. The predicted octanol–water partition coefficient (Wildman–Crippen LogP) is 2.70. The molecule has 0 atom stereocenters. The van der Waals surface area contributed by atoms with Crippen LogP contribution in [0.3, 0.4) is 0 Å². The summed E-state index contributed by atoms with van der Waals surface area (Å²) in [5, 5.41) is 11.6. The minimum Gasteiger partial charge on any atom is -0.496 e. The summed E-state index contributed by atoms with van der Waals surface area (Å²) in [5.41, 5.74) is 0.644. The van der Waals surface area contributed by atoms with Gasteiger partial charge in [0.15, 0.2) is 5.92 Å². The van der Waals surface area contributed by atoms with Gasteiger partial charge in [-0.15, -0.1) is 0 Å². The number of esters is 2. The molecular formula is C18H17NO7. The van der Waals surface area contributed by atoms with Crippen molar-refractivity contribution in [3.63, 3.8) is 0 Å². The van der Waals surface area contributed by atoms with Crippen LogP contribution < -0.4 is 4.74 Å². The number of rotatable bonds is 6. The van der Waals surface area contributed by atoms with Crippen LogP contribution in [-0.2, 0) is 19.1 Å². The summed E-state index contributed by atoms with van der Waals surface area (Å²) in [6.07, 6.45) is 0. The van der Waals surface area contributed by atoms with Crippen molar-refractivity contribution in [1.29, 1.82) is 0 Å². The van der Waals surface area contributed by atoms with Crippen molar-refractivity contribution in [2.45, 2.75) is 5.92 Å². The molecule has 0 aliphatic heterocycles. The Morgan fingerprint density at radius 3 is 2.15 bits per heavy atom. The second-order valence-electron chi connectivity index (χ2n) is 5.21. The van der Waals surface area contributed by atoms with E-state index in [4.69, 9.17) is 4.74 Å². The number of carbonyl (C=O) groups excluding carboxylic acids is 2. The van der Waals surface area contributed by atoms with E-state index >= 15 is 0 Å². The first kappa shape index (κ1) is 18.9. The van der Waals surface area contributed by atoms with Crippen molar-refractivity contribution < 1.29 is 28.7 Å². The minimum absolute atomic E-state index is 0.104. The normalized spacial score (nSPS) is 10.3. The molecule has 0 fully saturated rings. The molecular weight excluding hydrogens is 342 g/mol. The van der Waals surface area contributed by atoms with Gasteiger partial charge in [-0.25, -0.2) is 0 Å². The van der Waals surface area contributed by atoms with Gasteiger partial charge in [0, 0.05) is 11.6 Å². The second-order valence-corrected chi connectivity index (χ2v) is 5.21. The molecule has 2 aromatic rings. The number of hydrogen-bond donors (Lipinski definition) is 0. The van der Waals surface area contributed by atoms with E-state index in [9.17, 15) is 19.7 Å². The molecule has 0 aliphatic rings. The van der Waals surface area contributed by atoms with Gasteiger partial charge in [-0.2, -0.15) is 0 Å².